The SMILES string of the molecule is NC(N)=NCCC[C@H](NC(=O)[C@H](CS)NC(=O)[C@H](CCCN=C(N)N)NC(=O)[C@H](CCCN=C(N)N)NC(=O)[C@H](CCCN=C(N)N)NC(=O)[C@@H](N)CCCN=C(N)N)C(=O)N[C@@H](Cc1ccccc1)C(=O)N[C@@H](CS)C(=O)N[C@@H](CS)C(=O)O. The summed E-state index contributed by atoms with van der Waals surface area (Å²) >= 11 is 12.4. The lowest BCUT2D eigenvalue weighted by Gasteiger charge is -2.28. The molecule has 0 radical (unpaired) electrons. The fourth-order valence-corrected chi connectivity index (χ4v) is 8.32. The van der Waals surface area contributed by atoms with Gasteiger partial charge in [0.25, 0.3) is 0 Å². The van der Waals surface area contributed by atoms with Crippen LogP contribution in [0, 0.1) is 0 Å². The second-order valence-corrected chi connectivity index (χ2v) is 20.0. The van der Waals surface area contributed by atoms with Gasteiger partial charge in [0, 0.05) is 56.4 Å². The van der Waals surface area contributed by atoms with Gasteiger partial charge in [-0.25, -0.2) is 4.79 Å². The number of carbonyl (C=O) groups excluding carboxylic acids is 8. The predicted molar refractivity (Wildman–Crippen MR) is 332 cm³/mol. The molecule has 0 spiro atoms. The fraction of sp³-hybridized carbons (Fsp3) is 0.583. The van der Waals surface area contributed by atoms with Gasteiger partial charge in [-0.1, -0.05) is 30.3 Å². The van der Waals surface area contributed by atoms with E-state index in [0.717, 1.165) is 0 Å². The average Bonchev–Trinajstić information content (AvgIpc) is 3.60. The summed E-state index contributed by atoms with van der Waals surface area (Å²) in [7, 11) is 0. The van der Waals surface area contributed by atoms with Gasteiger partial charge >= 0.3 is 5.97 Å². The summed E-state index contributed by atoms with van der Waals surface area (Å²) in [6, 6.07) is -3.98. The Balaban J connectivity index is 3.67. The third kappa shape index (κ3) is 32.5. The first kappa shape index (κ1) is 74.8. The third-order valence-corrected chi connectivity index (χ3v) is 13.1. The van der Waals surface area contributed by atoms with Gasteiger partial charge in [0.15, 0.2) is 29.8 Å². The van der Waals surface area contributed by atoms with Crippen LogP contribution in [0.1, 0.15) is 69.8 Å². The Hall–Kier alpha value is -8.19. The topological polar surface area (TPSA) is 618 Å². The fourth-order valence-electron chi connectivity index (χ4n) is 7.56. The largest absolute Gasteiger partial charge is 0.480 e. The number of rotatable bonds is 42. The van der Waals surface area contributed by atoms with Crippen molar-refractivity contribution in [2.45, 2.75) is 125 Å². The van der Waals surface area contributed by atoms with Gasteiger partial charge < -0.3 is 111 Å². The molecule has 0 saturated heterocycles. The van der Waals surface area contributed by atoms with Crippen LogP contribution in [0.2, 0.25) is 0 Å². The number of carbonyl (C=O) groups is 9. The van der Waals surface area contributed by atoms with Gasteiger partial charge in [0.2, 0.25) is 47.3 Å². The van der Waals surface area contributed by atoms with Crippen LogP contribution in [0.4, 0.5) is 0 Å². The average molecular weight is 1260 g/mol. The van der Waals surface area contributed by atoms with Crippen molar-refractivity contribution >= 4 is 121 Å². The van der Waals surface area contributed by atoms with Gasteiger partial charge in [-0.15, -0.1) is 0 Å². The smallest absolute Gasteiger partial charge is 0.327 e. The van der Waals surface area contributed by atoms with E-state index in [1.165, 1.54) is 0 Å². The molecular weight excluding hydrogens is 1170 g/mol. The zero-order valence-electron chi connectivity index (χ0n) is 47.1. The Morgan fingerprint density at radius 1 is 0.365 bits per heavy atom. The molecule has 476 valence electrons. The lowest BCUT2D eigenvalue weighted by Crippen LogP contribution is -2.61. The van der Waals surface area contributed by atoms with E-state index in [1.807, 2.05) is 0 Å². The Bertz CT molecular complexity index is 2480. The zero-order valence-corrected chi connectivity index (χ0v) is 49.8. The van der Waals surface area contributed by atoms with Crippen molar-refractivity contribution in [2.24, 2.45) is 88.0 Å². The summed E-state index contributed by atoms with van der Waals surface area (Å²) in [6.07, 6.45) is 0.344. The van der Waals surface area contributed by atoms with E-state index in [1.54, 1.807) is 30.3 Å². The molecule has 0 aliphatic carbocycles. The van der Waals surface area contributed by atoms with Crippen molar-refractivity contribution in [3.05, 3.63) is 35.9 Å². The lowest BCUT2D eigenvalue weighted by molar-refractivity contribution is -0.141. The van der Waals surface area contributed by atoms with Crippen molar-refractivity contribution in [2.75, 3.05) is 50.0 Å². The molecule has 8 amide bonds. The lowest BCUT2D eigenvalue weighted by atomic mass is 10.0. The number of carboxylic acids is 1. The number of amides is 8. The number of carboxylic acid groups (broad SMARTS) is 1. The van der Waals surface area contributed by atoms with Crippen molar-refractivity contribution in [1.29, 1.82) is 0 Å². The summed E-state index contributed by atoms with van der Waals surface area (Å²) in [5, 5.41) is 29.9. The predicted octanol–water partition coefficient (Wildman–Crippen LogP) is -8.42. The van der Waals surface area contributed by atoms with Gasteiger partial charge in [0.1, 0.15) is 48.3 Å². The first-order valence-corrected chi connectivity index (χ1v) is 28.7. The minimum absolute atomic E-state index is 0.00631. The molecule has 85 heavy (non-hydrogen) atoms. The molecule has 1 aromatic rings. The Kier molecular flexibility index (Phi) is 36.7. The Morgan fingerprint density at radius 2 is 0.612 bits per heavy atom. The van der Waals surface area contributed by atoms with Crippen molar-refractivity contribution in [3.8, 4) is 0 Å². The number of nitrogens with zero attached hydrogens (tertiary/aromatic N) is 5. The van der Waals surface area contributed by atoms with Crippen LogP contribution >= 0.6 is 37.9 Å². The monoisotopic (exact) mass is 1250 g/mol. The number of aliphatic carboxylic acids is 1. The highest BCUT2D eigenvalue weighted by Crippen LogP contribution is 2.11. The maximum Gasteiger partial charge on any atom is 0.327 e. The summed E-state index contributed by atoms with van der Waals surface area (Å²) in [6.45, 7) is 0.234. The van der Waals surface area contributed by atoms with Gasteiger partial charge in [-0.3, -0.25) is 63.3 Å². The number of benzene rings is 1. The van der Waals surface area contributed by atoms with E-state index in [2.05, 4.69) is 105 Å². The summed E-state index contributed by atoms with van der Waals surface area (Å²) in [5.41, 5.74) is 61.6. The van der Waals surface area contributed by atoms with Crippen molar-refractivity contribution in [1.82, 2.24) is 42.5 Å². The zero-order chi connectivity index (χ0) is 64.0. The molecule has 0 aliphatic heterocycles. The van der Waals surface area contributed by atoms with Crippen LogP contribution in [0.25, 0.3) is 0 Å². The number of nitrogens with one attached hydrogen (secondary N) is 8. The van der Waals surface area contributed by atoms with Crippen LogP contribution in [0.15, 0.2) is 55.3 Å². The molecule has 1 rings (SSSR count). The molecule has 0 fully saturated rings. The molecule has 9 atom stereocenters. The molecular formula is C48H86N24O10S3. The van der Waals surface area contributed by atoms with E-state index in [-0.39, 0.29) is 144 Å². The number of guanidine groups is 5. The van der Waals surface area contributed by atoms with Crippen molar-refractivity contribution in [3.63, 3.8) is 0 Å². The van der Waals surface area contributed by atoms with Crippen LogP contribution in [0.3, 0.4) is 0 Å². The Labute approximate surface area is 508 Å². The number of hydrogen-bond acceptors (Lipinski definition) is 18. The van der Waals surface area contributed by atoms with Gasteiger partial charge in [-0.2, -0.15) is 37.9 Å². The van der Waals surface area contributed by atoms with E-state index in [4.69, 9.17) is 63.1 Å². The molecule has 0 unspecified atom stereocenters. The molecule has 0 aliphatic rings. The van der Waals surface area contributed by atoms with Crippen LogP contribution in [-0.4, -0.2) is 192 Å². The number of aliphatic imine (C=N–C) groups is 5. The number of thiol groups is 3. The highest BCUT2D eigenvalue weighted by atomic mass is 32.1. The van der Waals surface area contributed by atoms with Crippen LogP contribution in [-0.2, 0) is 49.6 Å². The third-order valence-electron chi connectivity index (χ3n) is 12.0. The maximum absolute atomic E-state index is 14.4. The molecule has 1 aromatic carbocycles. The molecule has 34 nitrogen and oxygen atoms in total. The molecule has 0 bridgehead atoms. The minimum Gasteiger partial charge on any atom is -0.480 e. The second-order valence-electron chi connectivity index (χ2n) is 18.9. The highest BCUT2D eigenvalue weighted by molar-refractivity contribution is 7.80. The van der Waals surface area contributed by atoms with Crippen LogP contribution < -0.4 is 106 Å². The van der Waals surface area contributed by atoms with Gasteiger partial charge in [-0.05, 0) is 69.8 Å². The first-order chi connectivity index (χ1) is 40.2. The first-order valence-electron chi connectivity index (χ1n) is 26.8. The summed E-state index contributed by atoms with van der Waals surface area (Å²) in [5.74, 6) is -10.4. The standard InChI is InChI=1S/C48H86N24O10S3/c49-26(11-4-16-60-44(50)51)35(73)65-27(12-5-17-61-45(52)53)36(74)66-28(13-6-18-62-46(54)55)37(75)67-30(15-8-20-64-48(58)59)39(77)70-32(22-83)41(79)68-29(14-7-19-63-47(56)57)38(76)69-31(21-25-9-2-1-3-10-25)40(78)71-33(23-84)42(80)72-34(24-85)43(81)82/h1-3,9-10,26-34,83-85H,4-8,11-24,49H2,(H,65,73)(H,66,74)(H,67,75)(H,68,79)(H,69,76)(H,70,77)(H,71,78)(H,72,80)(H,81,82)(H4,50,51,60)(H4,52,53,61)(H4,54,55,62)(H4,56,57,63)(H4,58,59,64)/t26-,27-,28-,29-,30-,31-,32-,33-,34-/m0/s1. The van der Waals surface area contributed by atoms with E-state index in [9.17, 15) is 48.3 Å². The second kappa shape index (κ2) is 41.7. The number of nitrogens with two attached hydrogens (primary N) is 11. The van der Waals surface area contributed by atoms with E-state index in [0.29, 0.717) is 12.0 Å². The minimum atomic E-state index is -1.51. The molecule has 31 N–H and O–H groups in total. The molecule has 37 heteroatoms. The molecule has 0 heterocycles. The molecule has 0 saturated carbocycles. The molecule has 0 aromatic heterocycles. The number of hydrogen-bond donors (Lipinski definition) is 23. The Morgan fingerprint density at radius 3 is 0.906 bits per heavy atom. The summed E-state index contributed by atoms with van der Waals surface area (Å²) in [4.78, 5) is 143. The van der Waals surface area contributed by atoms with E-state index < -0.39 is 108 Å². The highest BCUT2D eigenvalue weighted by Gasteiger charge is 2.35. The van der Waals surface area contributed by atoms with Gasteiger partial charge in [0.05, 0.1) is 6.04 Å². The van der Waals surface area contributed by atoms with Crippen molar-refractivity contribution < 1.29 is 48.3 Å². The van der Waals surface area contributed by atoms with Crippen LogP contribution in [0.5, 0.6) is 0 Å². The summed E-state index contributed by atoms with van der Waals surface area (Å²) < 4.78 is 0. The quantitative estimate of drug-likeness (QED) is 0.0125. The normalized spacial score (nSPS) is 13.9. The maximum atomic E-state index is 14.4. The van der Waals surface area contributed by atoms with E-state index >= 15 is 0 Å².